The molecule has 7 nitrogen and oxygen atoms in total. The lowest BCUT2D eigenvalue weighted by molar-refractivity contribution is -0.132. The number of likely N-dealkylation sites (tertiary alicyclic amines) is 1. The molecule has 7 heteroatoms. The molecule has 1 saturated heterocycles. The highest BCUT2D eigenvalue weighted by molar-refractivity contribution is 5.84. The molecule has 154 valence electrons. The van der Waals surface area contributed by atoms with Crippen LogP contribution in [-0.4, -0.2) is 45.5 Å². The lowest BCUT2D eigenvalue weighted by Crippen LogP contribution is -2.34. The van der Waals surface area contributed by atoms with Crippen LogP contribution in [0.15, 0.2) is 18.2 Å². The van der Waals surface area contributed by atoms with Crippen LogP contribution in [0.3, 0.4) is 0 Å². The van der Waals surface area contributed by atoms with Crippen molar-refractivity contribution in [3.63, 3.8) is 0 Å². The van der Waals surface area contributed by atoms with Crippen LogP contribution in [0.1, 0.15) is 54.9 Å². The van der Waals surface area contributed by atoms with Crippen molar-refractivity contribution in [2.45, 2.75) is 58.4 Å². The second kappa shape index (κ2) is 7.28. The summed E-state index contributed by atoms with van der Waals surface area (Å²) in [5.74, 6) is 1.58. The minimum Gasteiger partial charge on any atom is -0.481 e. The average molecular weight is 396 g/mol. The summed E-state index contributed by atoms with van der Waals surface area (Å²) in [6.07, 6.45) is 4.10. The number of hydrogen-bond donors (Lipinski definition) is 1. The zero-order chi connectivity index (χ0) is 20.8. The van der Waals surface area contributed by atoms with Crippen molar-refractivity contribution in [2.24, 2.45) is 5.41 Å². The Labute approximate surface area is 171 Å². The average Bonchev–Trinajstić information content (AvgIpc) is 3.29. The van der Waals surface area contributed by atoms with Crippen molar-refractivity contribution in [3.8, 4) is 5.88 Å². The predicted octanol–water partition coefficient (Wildman–Crippen LogP) is 2.81. The minimum atomic E-state index is -0.307. The third kappa shape index (κ3) is 3.66. The molecule has 1 amide bonds. The number of nitrogens with zero attached hydrogens (tertiary/aromatic N) is 4. The van der Waals surface area contributed by atoms with Gasteiger partial charge in [-0.3, -0.25) is 4.79 Å². The number of fused-ring (bicyclic) bond motifs is 1. The van der Waals surface area contributed by atoms with Crippen LogP contribution in [0.5, 0.6) is 5.88 Å². The summed E-state index contributed by atoms with van der Waals surface area (Å²) < 4.78 is 5.24. The van der Waals surface area contributed by atoms with Crippen LogP contribution >= 0.6 is 0 Å². The van der Waals surface area contributed by atoms with Crippen LogP contribution in [0.25, 0.3) is 0 Å². The van der Waals surface area contributed by atoms with Gasteiger partial charge in [0.05, 0.1) is 18.7 Å². The Balaban J connectivity index is 1.41. The number of aromatic nitrogens is 3. The number of nitrogen functional groups attached to an aromatic ring is 1. The van der Waals surface area contributed by atoms with Gasteiger partial charge in [0.15, 0.2) is 0 Å². The van der Waals surface area contributed by atoms with Crippen molar-refractivity contribution >= 4 is 11.7 Å². The molecule has 0 aromatic carbocycles. The molecule has 3 heterocycles. The Morgan fingerprint density at radius 3 is 2.83 bits per heavy atom. The third-order valence-electron chi connectivity index (χ3n) is 6.56. The molecule has 0 spiro atoms. The summed E-state index contributed by atoms with van der Waals surface area (Å²) in [4.78, 5) is 28.3. The summed E-state index contributed by atoms with van der Waals surface area (Å²) in [5.41, 5.74) is 9.09. The molecule has 2 aliphatic rings. The predicted molar refractivity (Wildman–Crippen MR) is 111 cm³/mol. The van der Waals surface area contributed by atoms with E-state index in [4.69, 9.17) is 10.5 Å². The summed E-state index contributed by atoms with van der Waals surface area (Å²) in [6.45, 7) is 6.50. The van der Waals surface area contributed by atoms with Gasteiger partial charge in [0.1, 0.15) is 11.6 Å². The standard InChI is InChI=1S/C22H29N5O2/c1-13-5-6-16(20(23)24-13)7-8-22-9-10-27(18(22)12-22)21(28)14(2)17-11-19(29-4)26-15(3)25-17/h5-6,11,14,18H,7-10,12H2,1-4H3,(H2,23,24)/t14-,18?,22+/m0/s1. The number of piperidine rings is 1. The molecule has 0 radical (unpaired) electrons. The van der Waals surface area contributed by atoms with Gasteiger partial charge >= 0.3 is 0 Å². The zero-order valence-electron chi connectivity index (χ0n) is 17.6. The quantitative estimate of drug-likeness (QED) is 0.808. The molecule has 3 atom stereocenters. The van der Waals surface area contributed by atoms with Crippen LogP contribution < -0.4 is 10.5 Å². The normalized spacial score (nSPS) is 23.6. The second-order valence-electron chi connectivity index (χ2n) is 8.46. The third-order valence-corrected chi connectivity index (χ3v) is 6.56. The molecule has 1 aliphatic carbocycles. The van der Waals surface area contributed by atoms with Gasteiger partial charge in [0.2, 0.25) is 11.8 Å². The summed E-state index contributed by atoms with van der Waals surface area (Å²) in [5, 5.41) is 0. The number of nitrogens with two attached hydrogens (primary N) is 1. The van der Waals surface area contributed by atoms with E-state index in [9.17, 15) is 4.79 Å². The highest BCUT2D eigenvalue weighted by Crippen LogP contribution is 2.60. The van der Waals surface area contributed by atoms with E-state index in [0.29, 0.717) is 23.6 Å². The van der Waals surface area contributed by atoms with E-state index < -0.39 is 0 Å². The zero-order valence-corrected chi connectivity index (χ0v) is 17.6. The van der Waals surface area contributed by atoms with Gasteiger partial charge in [-0.05, 0) is 63.5 Å². The number of hydrogen-bond acceptors (Lipinski definition) is 6. The topological polar surface area (TPSA) is 94.2 Å². The van der Waals surface area contributed by atoms with Gasteiger partial charge in [-0.1, -0.05) is 6.07 Å². The maximum atomic E-state index is 13.2. The number of methoxy groups -OCH3 is 1. The highest BCUT2D eigenvalue weighted by Gasteiger charge is 2.61. The van der Waals surface area contributed by atoms with Gasteiger partial charge in [-0.15, -0.1) is 0 Å². The lowest BCUT2D eigenvalue weighted by Gasteiger charge is -2.22. The van der Waals surface area contributed by atoms with E-state index in [1.165, 1.54) is 0 Å². The van der Waals surface area contributed by atoms with Gasteiger partial charge in [0.25, 0.3) is 0 Å². The maximum absolute atomic E-state index is 13.2. The highest BCUT2D eigenvalue weighted by atomic mass is 16.5. The van der Waals surface area contributed by atoms with Crippen LogP contribution in [-0.2, 0) is 11.2 Å². The van der Waals surface area contributed by atoms with E-state index in [1.54, 1.807) is 13.2 Å². The summed E-state index contributed by atoms with van der Waals surface area (Å²) in [6, 6.07) is 6.19. The molecule has 1 unspecified atom stereocenters. The first kappa shape index (κ1) is 19.6. The molecule has 1 aliphatic heterocycles. The van der Waals surface area contributed by atoms with Crippen LogP contribution in [0.2, 0.25) is 0 Å². The number of anilines is 1. The Hall–Kier alpha value is -2.70. The molecule has 2 aromatic heterocycles. The van der Waals surface area contributed by atoms with Gasteiger partial charge in [-0.2, -0.15) is 4.98 Å². The molecule has 1 saturated carbocycles. The Morgan fingerprint density at radius 2 is 2.14 bits per heavy atom. The smallest absolute Gasteiger partial charge is 0.231 e. The molecule has 4 rings (SSSR count). The first-order valence-corrected chi connectivity index (χ1v) is 10.2. The van der Waals surface area contributed by atoms with E-state index in [0.717, 1.165) is 49.2 Å². The Bertz CT molecular complexity index is 947. The van der Waals surface area contributed by atoms with Crippen molar-refractivity contribution < 1.29 is 9.53 Å². The van der Waals surface area contributed by atoms with Crippen molar-refractivity contribution in [1.29, 1.82) is 0 Å². The minimum absolute atomic E-state index is 0.144. The number of carbonyl (C=O) groups is 1. The number of amides is 1. The molecular weight excluding hydrogens is 366 g/mol. The fraction of sp³-hybridized carbons (Fsp3) is 0.545. The second-order valence-corrected chi connectivity index (χ2v) is 8.46. The van der Waals surface area contributed by atoms with Crippen LogP contribution in [0.4, 0.5) is 5.82 Å². The van der Waals surface area contributed by atoms with Gasteiger partial charge in [-0.25, -0.2) is 9.97 Å². The number of ether oxygens (including phenoxy) is 1. The number of rotatable bonds is 6. The van der Waals surface area contributed by atoms with E-state index in [-0.39, 0.29) is 17.2 Å². The van der Waals surface area contributed by atoms with Crippen LogP contribution in [0, 0.1) is 19.3 Å². The first-order chi connectivity index (χ1) is 13.8. The molecular formula is C22H29N5O2. The van der Waals surface area contributed by atoms with Gasteiger partial charge < -0.3 is 15.4 Å². The van der Waals surface area contributed by atoms with Crippen molar-refractivity contribution in [2.75, 3.05) is 19.4 Å². The monoisotopic (exact) mass is 395 g/mol. The molecule has 0 bridgehead atoms. The summed E-state index contributed by atoms with van der Waals surface area (Å²) in [7, 11) is 1.58. The number of aryl methyl sites for hydroxylation is 3. The fourth-order valence-electron chi connectivity index (χ4n) is 4.66. The number of pyridine rings is 1. The maximum Gasteiger partial charge on any atom is 0.231 e. The van der Waals surface area contributed by atoms with Crippen molar-refractivity contribution in [1.82, 2.24) is 19.9 Å². The Morgan fingerprint density at radius 1 is 1.34 bits per heavy atom. The molecule has 2 N–H and O–H groups in total. The SMILES string of the molecule is COc1cc([C@H](C)C(=O)N2CC[C@]3(CCc4ccc(C)nc4N)CC23)nc(C)n1. The fourth-order valence-corrected chi connectivity index (χ4v) is 4.66. The molecule has 2 aromatic rings. The van der Waals surface area contributed by atoms with E-state index >= 15 is 0 Å². The molecule has 29 heavy (non-hydrogen) atoms. The van der Waals surface area contributed by atoms with Gasteiger partial charge in [0, 0.05) is 24.3 Å². The molecule has 2 fully saturated rings. The van der Waals surface area contributed by atoms with E-state index in [2.05, 4.69) is 25.9 Å². The van der Waals surface area contributed by atoms with Crippen molar-refractivity contribution in [3.05, 3.63) is 41.0 Å². The first-order valence-electron chi connectivity index (χ1n) is 10.2. The number of carbonyl (C=O) groups excluding carboxylic acids is 1. The largest absolute Gasteiger partial charge is 0.481 e. The van der Waals surface area contributed by atoms with E-state index in [1.807, 2.05) is 26.8 Å². The lowest BCUT2D eigenvalue weighted by atomic mass is 9.94. The summed E-state index contributed by atoms with van der Waals surface area (Å²) >= 11 is 0. The Kier molecular flexibility index (Phi) is 4.92.